The lowest BCUT2D eigenvalue weighted by Crippen LogP contribution is -2.27. The highest BCUT2D eigenvalue weighted by Gasteiger charge is 2.28. The Morgan fingerprint density at radius 2 is 1.95 bits per heavy atom. The number of benzene rings is 1. The summed E-state index contributed by atoms with van der Waals surface area (Å²) in [6, 6.07) is 12.1. The van der Waals surface area contributed by atoms with E-state index < -0.39 is 11.5 Å². The number of allylic oxidation sites excluding steroid dienone is 2. The average Bonchev–Trinajstić information content (AvgIpc) is 2.48. The molecule has 0 radical (unpaired) electrons. The van der Waals surface area contributed by atoms with Crippen molar-refractivity contribution >= 4 is 6.09 Å². The third-order valence-corrected chi connectivity index (χ3v) is 3.00. The van der Waals surface area contributed by atoms with Crippen molar-refractivity contribution in [2.45, 2.75) is 6.42 Å². The lowest BCUT2D eigenvalue weighted by Gasteiger charge is -2.25. The van der Waals surface area contributed by atoms with Gasteiger partial charge in [-0.1, -0.05) is 30.3 Å². The van der Waals surface area contributed by atoms with Crippen LogP contribution in [0.15, 0.2) is 54.9 Å². The topological polar surface area (TPSA) is 53.3 Å². The van der Waals surface area contributed by atoms with Crippen molar-refractivity contribution in [2.75, 3.05) is 7.11 Å². The molecule has 0 bridgehead atoms. The second kappa shape index (κ2) is 5.40. The molecule has 96 valence electrons. The van der Waals surface area contributed by atoms with Gasteiger partial charge < -0.3 is 4.74 Å². The Labute approximate surface area is 112 Å². The van der Waals surface area contributed by atoms with E-state index >= 15 is 0 Å². The van der Waals surface area contributed by atoms with Gasteiger partial charge in [-0.25, -0.2) is 4.79 Å². The smallest absolute Gasteiger partial charge is 0.417 e. The number of hydrogen-bond donors (Lipinski definition) is 0. The highest BCUT2D eigenvalue weighted by Crippen LogP contribution is 2.29. The monoisotopic (exact) mass is 254 g/mol. The van der Waals surface area contributed by atoms with E-state index in [4.69, 9.17) is 0 Å². The first-order valence-electron chi connectivity index (χ1n) is 5.89. The first-order valence-corrected chi connectivity index (χ1v) is 5.89. The van der Waals surface area contributed by atoms with Crippen molar-refractivity contribution in [3.8, 4) is 6.07 Å². The molecule has 1 aliphatic heterocycles. The van der Waals surface area contributed by atoms with Crippen LogP contribution in [0.1, 0.15) is 5.56 Å². The van der Waals surface area contributed by atoms with E-state index in [0.29, 0.717) is 6.42 Å². The first kappa shape index (κ1) is 12.9. The minimum absolute atomic E-state index is 0.473. The summed E-state index contributed by atoms with van der Waals surface area (Å²) >= 11 is 0. The molecule has 1 aromatic carbocycles. The Kier molecular flexibility index (Phi) is 3.67. The van der Waals surface area contributed by atoms with Gasteiger partial charge in [-0.05, 0) is 24.1 Å². The number of ether oxygens (including phenoxy) is 1. The fourth-order valence-electron chi connectivity index (χ4n) is 1.92. The van der Waals surface area contributed by atoms with Crippen LogP contribution in [0.2, 0.25) is 0 Å². The first-order chi connectivity index (χ1) is 9.19. The van der Waals surface area contributed by atoms with Gasteiger partial charge >= 0.3 is 6.09 Å². The maximum Gasteiger partial charge on any atom is 0.417 e. The summed E-state index contributed by atoms with van der Waals surface area (Å²) in [5.74, 6) is 0. The molecule has 0 spiro atoms. The Bertz CT molecular complexity index is 541. The quantitative estimate of drug-likeness (QED) is 0.815. The van der Waals surface area contributed by atoms with Crippen LogP contribution >= 0.6 is 0 Å². The predicted octanol–water partition coefficient (Wildman–Crippen LogP) is 2.85. The molecule has 1 aliphatic rings. The minimum Gasteiger partial charge on any atom is -0.452 e. The summed E-state index contributed by atoms with van der Waals surface area (Å²) in [5, 5.41) is 9.40. The van der Waals surface area contributed by atoms with Gasteiger partial charge in [0.1, 0.15) is 5.41 Å². The van der Waals surface area contributed by atoms with Crippen molar-refractivity contribution in [3.05, 3.63) is 60.4 Å². The molecule has 0 aliphatic carbocycles. The number of nitrogens with zero attached hydrogens (tertiary/aromatic N) is 2. The molecule has 0 aromatic heterocycles. The third kappa shape index (κ3) is 2.83. The second-order valence-corrected chi connectivity index (χ2v) is 4.32. The summed E-state index contributed by atoms with van der Waals surface area (Å²) in [4.78, 5) is 12.6. The van der Waals surface area contributed by atoms with Crippen LogP contribution in [-0.2, 0) is 11.2 Å². The molecule has 0 saturated heterocycles. The number of carbonyl (C=O) groups is 1. The Hall–Kier alpha value is -2.54. The molecule has 0 saturated carbocycles. The summed E-state index contributed by atoms with van der Waals surface area (Å²) in [7, 11) is 1.32. The van der Waals surface area contributed by atoms with Gasteiger partial charge in [-0.15, -0.1) is 0 Å². The third-order valence-electron chi connectivity index (χ3n) is 3.00. The van der Waals surface area contributed by atoms with E-state index in [2.05, 4.69) is 10.8 Å². The molecular weight excluding hydrogens is 240 g/mol. The van der Waals surface area contributed by atoms with Crippen LogP contribution < -0.4 is 0 Å². The van der Waals surface area contributed by atoms with Crippen molar-refractivity contribution in [2.24, 2.45) is 5.41 Å². The Balaban J connectivity index is 2.17. The Morgan fingerprint density at radius 1 is 1.32 bits per heavy atom. The lowest BCUT2D eigenvalue weighted by molar-refractivity contribution is 0.151. The summed E-state index contributed by atoms with van der Waals surface area (Å²) in [6.07, 6.45) is 6.68. The largest absolute Gasteiger partial charge is 0.452 e. The van der Waals surface area contributed by atoms with E-state index in [9.17, 15) is 10.1 Å². The molecular formula is C15H14N2O2. The fraction of sp³-hybridized carbons (Fsp3) is 0.200. The number of carbonyl (C=O) groups excluding carboxylic acids is 1. The van der Waals surface area contributed by atoms with Crippen LogP contribution in [0.3, 0.4) is 0 Å². The fourth-order valence-corrected chi connectivity index (χ4v) is 1.92. The number of rotatable bonds is 2. The van der Waals surface area contributed by atoms with Crippen LogP contribution in [-0.4, -0.2) is 18.1 Å². The van der Waals surface area contributed by atoms with Crippen molar-refractivity contribution in [1.29, 1.82) is 5.26 Å². The summed E-state index contributed by atoms with van der Waals surface area (Å²) in [5.41, 5.74) is 0.358. The molecule has 2 rings (SSSR count). The zero-order valence-electron chi connectivity index (χ0n) is 10.6. The van der Waals surface area contributed by atoms with Gasteiger partial charge in [-0.2, -0.15) is 5.26 Å². The molecule has 19 heavy (non-hydrogen) atoms. The summed E-state index contributed by atoms with van der Waals surface area (Å²) in [6.45, 7) is 0. The van der Waals surface area contributed by atoms with Gasteiger partial charge in [0.25, 0.3) is 0 Å². The Morgan fingerprint density at radius 3 is 2.47 bits per heavy atom. The lowest BCUT2D eigenvalue weighted by atomic mass is 9.82. The number of amides is 1. The SMILES string of the molecule is COC(=O)N1C=CC(C#N)(Cc2ccccc2)C=C1. The van der Waals surface area contributed by atoms with Gasteiger partial charge in [0.15, 0.2) is 0 Å². The normalized spacial score (nSPS) is 15.9. The maximum atomic E-state index is 11.3. The van der Waals surface area contributed by atoms with Crippen molar-refractivity contribution < 1.29 is 9.53 Å². The summed E-state index contributed by atoms with van der Waals surface area (Å²) < 4.78 is 4.61. The van der Waals surface area contributed by atoms with E-state index in [1.54, 1.807) is 24.6 Å². The molecule has 1 aromatic rings. The van der Waals surface area contributed by atoms with Gasteiger partial charge in [0, 0.05) is 12.4 Å². The number of hydrogen-bond acceptors (Lipinski definition) is 3. The molecule has 0 atom stereocenters. The van der Waals surface area contributed by atoms with E-state index in [1.807, 2.05) is 30.3 Å². The van der Waals surface area contributed by atoms with Crippen LogP contribution in [0.5, 0.6) is 0 Å². The van der Waals surface area contributed by atoms with E-state index in [0.717, 1.165) is 5.56 Å². The standard InChI is InChI=1S/C15H14N2O2/c1-19-14(18)17-9-7-15(12-16,8-10-17)11-13-5-3-2-4-6-13/h2-10H,11H2,1H3. The van der Waals surface area contributed by atoms with Crippen LogP contribution in [0.25, 0.3) is 0 Å². The van der Waals surface area contributed by atoms with Crippen LogP contribution in [0, 0.1) is 16.7 Å². The average molecular weight is 254 g/mol. The molecule has 4 nitrogen and oxygen atoms in total. The molecule has 0 unspecified atom stereocenters. The van der Waals surface area contributed by atoms with Crippen molar-refractivity contribution in [3.63, 3.8) is 0 Å². The second-order valence-electron chi connectivity index (χ2n) is 4.32. The molecule has 1 heterocycles. The molecule has 4 heteroatoms. The molecule has 0 fully saturated rings. The molecule has 0 N–H and O–H groups in total. The van der Waals surface area contributed by atoms with Gasteiger partial charge in [-0.3, -0.25) is 4.90 Å². The zero-order chi connectivity index (χ0) is 13.7. The highest BCUT2D eigenvalue weighted by molar-refractivity contribution is 5.70. The highest BCUT2D eigenvalue weighted by atomic mass is 16.5. The van der Waals surface area contributed by atoms with E-state index in [1.165, 1.54) is 12.0 Å². The number of methoxy groups -OCH3 is 1. The predicted molar refractivity (Wildman–Crippen MR) is 70.7 cm³/mol. The van der Waals surface area contributed by atoms with Crippen molar-refractivity contribution in [1.82, 2.24) is 4.90 Å². The number of nitriles is 1. The minimum atomic E-state index is -0.716. The maximum absolute atomic E-state index is 11.3. The van der Waals surface area contributed by atoms with Gasteiger partial charge in [0.05, 0.1) is 13.2 Å². The molecule has 1 amide bonds. The van der Waals surface area contributed by atoms with E-state index in [-0.39, 0.29) is 0 Å². The van der Waals surface area contributed by atoms with Crippen LogP contribution in [0.4, 0.5) is 4.79 Å². The zero-order valence-corrected chi connectivity index (χ0v) is 10.6. The van der Waals surface area contributed by atoms with Gasteiger partial charge in [0.2, 0.25) is 0 Å².